The summed E-state index contributed by atoms with van der Waals surface area (Å²) in [6.07, 6.45) is 1.90. The molecular formula is C24H22FN3O6S. The number of ether oxygens (including phenoxy) is 2. The van der Waals surface area contributed by atoms with Gasteiger partial charge in [0.2, 0.25) is 5.78 Å². The molecule has 0 unspecified atom stereocenters. The molecule has 2 aromatic carbocycles. The number of sulfonamides is 1. The number of anilines is 2. The molecule has 1 aliphatic heterocycles. The van der Waals surface area contributed by atoms with Gasteiger partial charge in [0.25, 0.3) is 10.0 Å². The monoisotopic (exact) mass is 499 g/mol. The Morgan fingerprint density at radius 1 is 1.09 bits per heavy atom. The average Bonchev–Trinajstić information content (AvgIpc) is 3.37. The van der Waals surface area contributed by atoms with Crippen molar-refractivity contribution < 1.29 is 31.9 Å². The van der Waals surface area contributed by atoms with Crippen LogP contribution in [0.25, 0.3) is 0 Å². The Morgan fingerprint density at radius 3 is 2.54 bits per heavy atom. The van der Waals surface area contributed by atoms with Gasteiger partial charge < -0.3 is 9.47 Å². The largest absolute Gasteiger partial charge is 0.447 e. The number of rotatable bonds is 8. The first-order chi connectivity index (χ1) is 16.8. The molecule has 4 rings (SSSR count). The van der Waals surface area contributed by atoms with E-state index in [-0.39, 0.29) is 34.6 Å². The van der Waals surface area contributed by atoms with E-state index in [4.69, 9.17) is 9.47 Å². The topological polar surface area (TPSA) is 124 Å². The van der Waals surface area contributed by atoms with E-state index in [1.807, 2.05) is 0 Å². The minimum absolute atomic E-state index is 0.0279. The van der Waals surface area contributed by atoms with Gasteiger partial charge in [0.1, 0.15) is 18.1 Å². The number of aromatic nitrogens is 1. The second-order valence-electron chi connectivity index (χ2n) is 7.72. The summed E-state index contributed by atoms with van der Waals surface area (Å²) in [5.74, 6) is -1.16. The number of pyridine rings is 1. The number of ketones is 1. The first kappa shape index (κ1) is 24.3. The smallest absolute Gasteiger partial charge is 0.411 e. The van der Waals surface area contributed by atoms with Crippen LogP contribution in [0.2, 0.25) is 0 Å². The molecule has 182 valence electrons. The Bertz CT molecular complexity index is 1310. The molecule has 1 atom stereocenters. The highest BCUT2D eigenvalue weighted by Crippen LogP contribution is 2.23. The van der Waals surface area contributed by atoms with Gasteiger partial charge in [-0.05, 0) is 61.4 Å². The lowest BCUT2D eigenvalue weighted by Gasteiger charge is -2.13. The molecule has 1 fully saturated rings. The number of carbonyl (C=O) groups is 2. The van der Waals surface area contributed by atoms with Crippen molar-refractivity contribution in [3.63, 3.8) is 0 Å². The number of carbonyl (C=O) groups excluding carboxylic acids is 2. The van der Waals surface area contributed by atoms with E-state index in [1.54, 1.807) is 12.1 Å². The lowest BCUT2D eigenvalue weighted by molar-refractivity contribution is 0.0484. The Balaban J connectivity index is 1.43. The van der Waals surface area contributed by atoms with E-state index in [1.165, 1.54) is 42.5 Å². The van der Waals surface area contributed by atoms with Crippen LogP contribution in [-0.4, -0.2) is 44.6 Å². The van der Waals surface area contributed by atoms with Crippen molar-refractivity contribution >= 4 is 33.3 Å². The minimum Gasteiger partial charge on any atom is -0.447 e. The number of benzene rings is 2. The maximum atomic E-state index is 13.1. The summed E-state index contributed by atoms with van der Waals surface area (Å²) in [6.45, 7) is 0.801. The Hall–Kier alpha value is -3.83. The highest BCUT2D eigenvalue weighted by Gasteiger charge is 2.21. The molecule has 9 nitrogen and oxygen atoms in total. The van der Waals surface area contributed by atoms with Crippen molar-refractivity contribution in [2.75, 3.05) is 23.3 Å². The molecule has 0 aliphatic carbocycles. The van der Waals surface area contributed by atoms with Crippen molar-refractivity contribution in [1.82, 2.24) is 4.98 Å². The first-order valence-electron chi connectivity index (χ1n) is 10.8. The molecule has 0 bridgehead atoms. The quantitative estimate of drug-likeness (QED) is 0.449. The molecule has 1 aliphatic rings. The number of hydrogen-bond donors (Lipinski definition) is 2. The van der Waals surface area contributed by atoms with E-state index >= 15 is 0 Å². The number of halogens is 1. The number of hydrogen-bond acceptors (Lipinski definition) is 7. The molecule has 35 heavy (non-hydrogen) atoms. The summed E-state index contributed by atoms with van der Waals surface area (Å²) in [5, 5.41) is 2.53. The summed E-state index contributed by atoms with van der Waals surface area (Å²) >= 11 is 0. The van der Waals surface area contributed by atoms with Crippen LogP contribution in [0, 0.1) is 5.82 Å². The third kappa shape index (κ3) is 6.19. The predicted octanol–water partition coefficient (Wildman–Crippen LogP) is 3.98. The van der Waals surface area contributed by atoms with Crippen molar-refractivity contribution in [2.24, 2.45) is 0 Å². The minimum atomic E-state index is -4.07. The van der Waals surface area contributed by atoms with Crippen LogP contribution in [0.15, 0.2) is 71.8 Å². The van der Waals surface area contributed by atoms with Crippen LogP contribution in [0.5, 0.6) is 0 Å². The summed E-state index contributed by atoms with van der Waals surface area (Å²) in [5.41, 5.74) is 0.421. The molecule has 1 amide bonds. The van der Waals surface area contributed by atoms with Gasteiger partial charge in [0.05, 0.1) is 22.9 Å². The molecule has 1 aromatic heterocycles. The SMILES string of the molecule is O=C(Nc1ccc(S(=O)(=O)Nc2ccccc2C(=O)c2ccc(F)cn2)cc1)OC[C@H]1CCCO1. The number of amides is 1. The second kappa shape index (κ2) is 10.6. The van der Waals surface area contributed by atoms with Gasteiger partial charge in [-0.15, -0.1) is 0 Å². The van der Waals surface area contributed by atoms with Gasteiger partial charge in [0.15, 0.2) is 0 Å². The molecule has 3 aromatic rings. The fourth-order valence-corrected chi connectivity index (χ4v) is 4.52. The van der Waals surface area contributed by atoms with Gasteiger partial charge in [-0.3, -0.25) is 14.8 Å². The average molecular weight is 500 g/mol. The Morgan fingerprint density at radius 2 is 1.86 bits per heavy atom. The molecule has 11 heteroatoms. The Labute approximate surface area is 201 Å². The third-order valence-corrected chi connectivity index (χ3v) is 6.59. The van der Waals surface area contributed by atoms with Crippen LogP contribution in [0.1, 0.15) is 28.9 Å². The van der Waals surface area contributed by atoms with Gasteiger partial charge in [-0.1, -0.05) is 12.1 Å². The zero-order valence-electron chi connectivity index (χ0n) is 18.4. The maximum absolute atomic E-state index is 13.1. The van der Waals surface area contributed by atoms with E-state index in [9.17, 15) is 22.4 Å². The van der Waals surface area contributed by atoms with Crippen molar-refractivity contribution in [2.45, 2.75) is 23.8 Å². The van der Waals surface area contributed by atoms with Crippen molar-refractivity contribution in [1.29, 1.82) is 0 Å². The van der Waals surface area contributed by atoms with Crippen LogP contribution in [-0.2, 0) is 19.5 Å². The summed E-state index contributed by atoms with van der Waals surface area (Å²) in [4.78, 5) is 28.4. The summed E-state index contributed by atoms with van der Waals surface area (Å²) in [7, 11) is -4.07. The highest BCUT2D eigenvalue weighted by atomic mass is 32.2. The van der Waals surface area contributed by atoms with E-state index in [2.05, 4.69) is 15.0 Å². The molecule has 2 N–H and O–H groups in total. The van der Waals surface area contributed by atoms with Crippen LogP contribution >= 0.6 is 0 Å². The molecular weight excluding hydrogens is 477 g/mol. The highest BCUT2D eigenvalue weighted by molar-refractivity contribution is 7.92. The van der Waals surface area contributed by atoms with E-state index in [0.29, 0.717) is 12.3 Å². The third-order valence-electron chi connectivity index (χ3n) is 5.21. The Kier molecular flexibility index (Phi) is 7.37. The predicted molar refractivity (Wildman–Crippen MR) is 125 cm³/mol. The molecule has 1 saturated heterocycles. The number of nitrogens with zero attached hydrogens (tertiary/aromatic N) is 1. The van der Waals surface area contributed by atoms with Crippen molar-refractivity contribution in [3.05, 3.63) is 83.9 Å². The fraction of sp³-hybridized carbons (Fsp3) is 0.208. The number of nitrogens with one attached hydrogen (secondary N) is 2. The maximum Gasteiger partial charge on any atom is 0.411 e. The standard InChI is InChI=1S/C24H22FN3O6S/c25-16-7-12-22(26-14-16)23(29)20-5-1-2-6-21(20)28-35(31,32)19-10-8-17(9-11-19)27-24(30)34-15-18-4-3-13-33-18/h1-2,5-12,14,18,28H,3-4,13,15H2,(H,27,30)/t18-/m1/s1. The zero-order chi connectivity index (χ0) is 24.8. The summed E-state index contributed by atoms with van der Waals surface area (Å²) < 4.78 is 51.9. The van der Waals surface area contributed by atoms with Crippen LogP contribution in [0.4, 0.5) is 20.6 Å². The van der Waals surface area contributed by atoms with Gasteiger partial charge >= 0.3 is 6.09 Å². The molecule has 0 radical (unpaired) electrons. The first-order valence-corrected chi connectivity index (χ1v) is 12.2. The van der Waals surface area contributed by atoms with Gasteiger partial charge in [-0.25, -0.2) is 22.6 Å². The number of para-hydroxylation sites is 1. The second-order valence-corrected chi connectivity index (χ2v) is 9.41. The van der Waals surface area contributed by atoms with Crippen molar-refractivity contribution in [3.8, 4) is 0 Å². The summed E-state index contributed by atoms with van der Waals surface area (Å²) in [6, 6.07) is 13.8. The molecule has 0 saturated carbocycles. The fourth-order valence-electron chi connectivity index (χ4n) is 3.44. The van der Waals surface area contributed by atoms with E-state index in [0.717, 1.165) is 25.1 Å². The van der Waals surface area contributed by atoms with Gasteiger partial charge in [0, 0.05) is 17.9 Å². The van der Waals surface area contributed by atoms with Crippen LogP contribution in [0.3, 0.4) is 0 Å². The van der Waals surface area contributed by atoms with Crippen LogP contribution < -0.4 is 10.0 Å². The van der Waals surface area contributed by atoms with E-state index < -0.39 is 27.7 Å². The molecule has 2 heterocycles. The normalized spacial score (nSPS) is 15.4. The molecule has 0 spiro atoms. The zero-order valence-corrected chi connectivity index (χ0v) is 19.3. The lowest BCUT2D eigenvalue weighted by atomic mass is 10.1. The lowest BCUT2D eigenvalue weighted by Crippen LogP contribution is -2.21. The van der Waals surface area contributed by atoms with Gasteiger partial charge in [-0.2, -0.15) is 0 Å².